The first-order valence-electron chi connectivity index (χ1n) is 9.66. The average Bonchev–Trinajstić information content (AvgIpc) is 3.37. The summed E-state index contributed by atoms with van der Waals surface area (Å²) in [5.41, 5.74) is 3.12. The number of halogens is 4. The maximum atomic E-state index is 12.4. The summed E-state index contributed by atoms with van der Waals surface area (Å²) in [6, 6.07) is 1.88. The Morgan fingerprint density at radius 2 is 2.13 bits per heavy atom. The van der Waals surface area contributed by atoms with Crippen molar-refractivity contribution in [2.45, 2.75) is 51.7 Å². The van der Waals surface area contributed by atoms with Crippen LogP contribution in [-0.4, -0.2) is 39.3 Å². The Morgan fingerprint density at radius 3 is 2.77 bits per heavy atom. The molecule has 0 unspecified atom stereocenters. The van der Waals surface area contributed by atoms with E-state index in [1.54, 1.807) is 22.9 Å². The molecule has 0 spiro atoms. The van der Waals surface area contributed by atoms with E-state index in [-0.39, 0.29) is 18.5 Å². The van der Waals surface area contributed by atoms with Gasteiger partial charge in [-0.1, -0.05) is 12.2 Å². The Kier molecular flexibility index (Phi) is 6.84. The van der Waals surface area contributed by atoms with Crippen molar-refractivity contribution in [2.75, 3.05) is 11.9 Å². The van der Waals surface area contributed by atoms with E-state index < -0.39 is 12.6 Å². The Labute approximate surface area is 180 Å². The van der Waals surface area contributed by atoms with Crippen molar-refractivity contribution in [3.63, 3.8) is 0 Å². The molecule has 162 valence electrons. The van der Waals surface area contributed by atoms with Crippen molar-refractivity contribution in [3.8, 4) is 0 Å². The number of rotatable bonds is 8. The van der Waals surface area contributed by atoms with Crippen LogP contribution >= 0.6 is 15.9 Å². The van der Waals surface area contributed by atoms with Gasteiger partial charge in [0.15, 0.2) is 5.65 Å². The van der Waals surface area contributed by atoms with Crippen LogP contribution in [-0.2, 0) is 11.2 Å². The smallest absolute Gasteiger partial charge is 0.382 e. The molecular formula is C20H23BrF3N5O. The number of hydrogen-bond acceptors (Lipinski definition) is 4. The molecule has 0 radical (unpaired) electrons. The van der Waals surface area contributed by atoms with Gasteiger partial charge in [0.25, 0.3) is 5.91 Å². The number of nitrogens with one attached hydrogen (secondary N) is 2. The molecule has 1 amide bonds. The fraction of sp³-hybridized carbons (Fsp3) is 0.450. The number of allylic oxidation sites excluding steroid dienone is 2. The van der Waals surface area contributed by atoms with Crippen molar-refractivity contribution >= 4 is 33.2 Å². The number of fused-ring (bicyclic) bond motifs is 1. The van der Waals surface area contributed by atoms with Crippen LogP contribution in [0, 0.1) is 0 Å². The summed E-state index contributed by atoms with van der Waals surface area (Å²) < 4.78 is 39.4. The fourth-order valence-corrected chi connectivity index (χ4v) is 3.38. The van der Waals surface area contributed by atoms with E-state index >= 15 is 0 Å². The third kappa shape index (κ3) is 5.84. The molecule has 0 aliphatic heterocycles. The van der Waals surface area contributed by atoms with Gasteiger partial charge in [-0.15, -0.1) is 0 Å². The van der Waals surface area contributed by atoms with Gasteiger partial charge in [0.1, 0.15) is 4.60 Å². The average molecular weight is 486 g/mol. The highest BCUT2D eigenvalue weighted by Crippen LogP contribution is 2.24. The molecule has 0 saturated heterocycles. The van der Waals surface area contributed by atoms with Crippen molar-refractivity contribution in [1.29, 1.82) is 0 Å². The van der Waals surface area contributed by atoms with Crippen LogP contribution in [0.3, 0.4) is 0 Å². The van der Waals surface area contributed by atoms with Gasteiger partial charge in [-0.2, -0.15) is 18.3 Å². The number of aromatic nitrogens is 3. The number of carbonyl (C=O) groups is 1. The second-order valence-electron chi connectivity index (χ2n) is 7.20. The van der Waals surface area contributed by atoms with E-state index in [0.29, 0.717) is 27.9 Å². The molecule has 2 aromatic rings. The Bertz CT molecular complexity index is 992. The highest BCUT2D eigenvalue weighted by molar-refractivity contribution is 9.10. The molecule has 6 nitrogen and oxygen atoms in total. The fourth-order valence-electron chi connectivity index (χ4n) is 2.99. The minimum absolute atomic E-state index is 0.0797. The first-order valence-corrected chi connectivity index (χ1v) is 10.5. The first-order chi connectivity index (χ1) is 14.2. The Balaban J connectivity index is 1.76. The number of amides is 1. The van der Waals surface area contributed by atoms with Gasteiger partial charge >= 0.3 is 6.18 Å². The maximum absolute atomic E-state index is 12.4. The molecule has 10 heteroatoms. The van der Waals surface area contributed by atoms with Gasteiger partial charge < -0.3 is 10.6 Å². The predicted molar refractivity (Wildman–Crippen MR) is 112 cm³/mol. The molecule has 1 fully saturated rings. The molecule has 2 N–H and O–H groups in total. The Morgan fingerprint density at radius 1 is 1.40 bits per heavy atom. The third-order valence-corrected chi connectivity index (χ3v) is 5.11. The third-order valence-electron chi connectivity index (χ3n) is 4.72. The topological polar surface area (TPSA) is 71.3 Å². The van der Waals surface area contributed by atoms with Crippen LogP contribution in [0.15, 0.2) is 40.2 Å². The zero-order valence-corrected chi connectivity index (χ0v) is 18.3. The van der Waals surface area contributed by atoms with Crippen LogP contribution in [0.5, 0.6) is 0 Å². The van der Waals surface area contributed by atoms with Gasteiger partial charge in [0.05, 0.1) is 24.0 Å². The number of alkyl halides is 3. The largest absolute Gasteiger partial charge is 0.390 e. The standard InChI is InChI=1S/C20H23BrF3N5O/c1-3-15(19(30)27-13-5-6-13)12(2)4-7-14-11-26-18-16(10-17(21)28-29(14)18)25-9-8-20(22,23)24/h3-4,10-11,13,25H,5-9H2,1-2H3,(H,27,30). The van der Waals surface area contributed by atoms with E-state index in [1.165, 1.54) is 0 Å². The highest BCUT2D eigenvalue weighted by atomic mass is 79.9. The Hall–Kier alpha value is -2.36. The van der Waals surface area contributed by atoms with Gasteiger partial charge in [-0.25, -0.2) is 9.50 Å². The number of carbonyl (C=O) groups excluding carboxylic acids is 1. The summed E-state index contributed by atoms with van der Waals surface area (Å²) in [6.07, 6.45) is 2.68. The lowest BCUT2D eigenvalue weighted by atomic mass is 10.1. The van der Waals surface area contributed by atoms with Crippen LogP contribution in [0.4, 0.5) is 18.9 Å². The zero-order chi connectivity index (χ0) is 21.9. The molecule has 30 heavy (non-hydrogen) atoms. The second-order valence-corrected chi connectivity index (χ2v) is 8.01. The molecule has 2 heterocycles. The minimum Gasteiger partial charge on any atom is -0.382 e. The lowest BCUT2D eigenvalue weighted by Gasteiger charge is -2.11. The number of nitrogens with zero attached hydrogens (tertiary/aromatic N) is 3. The summed E-state index contributed by atoms with van der Waals surface area (Å²) in [5, 5.41) is 10.1. The van der Waals surface area contributed by atoms with Crippen molar-refractivity contribution in [1.82, 2.24) is 19.9 Å². The summed E-state index contributed by atoms with van der Waals surface area (Å²) in [6.45, 7) is 3.45. The van der Waals surface area contributed by atoms with Crippen LogP contribution in [0.2, 0.25) is 0 Å². The van der Waals surface area contributed by atoms with Crippen LogP contribution in [0.1, 0.15) is 38.8 Å². The van der Waals surface area contributed by atoms with Crippen LogP contribution in [0.25, 0.3) is 5.65 Å². The first kappa shape index (κ1) is 22.3. The van der Waals surface area contributed by atoms with E-state index in [9.17, 15) is 18.0 Å². The van der Waals surface area contributed by atoms with Gasteiger partial charge in [-0.3, -0.25) is 4.79 Å². The molecule has 2 aromatic heterocycles. The molecular weight excluding hydrogens is 463 g/mol. The van der Waals surface area contributed by atoms with E-state index in [1.807, 2.05) is 19.9 Å². The molecule has 1 aliphatic rings. The molecule has 1 aliphatic carbocycles. The van der Waals surface area contributed by atoms with Crippen LogP contribution < -0.4 is 10.6 Å². The van der Waals surface area contributed by atoms with Crippen molar-refractivity contribution < 1.29 is 18.0 Å². The molecule has 0 bridgehead atoms. The van der Waals surface area contributed by atoms with Gasteiger partial charge in [-0.05, 0) is 54.3 Å². The number of anilines is 1. The molecule has 0 aromatic carbocycles. The number of imidazole rings is 1. The summed E-state index contributed by atoms with van der Waals surface area (Å²) in [7, 11) is 0. The van der Waals surface area contributed by atoms with Crippen molar-refractivity contribution in [2.24, 2.45) is 0 Å². The van der Waals surface area contributed by atoms with E-state index in [2.05, 4.69) is 36.6 Å². The monoisotopic (exact) mass is 485 g/mol. The van der Waals surface area contributed by atoms with Crippen molar-refractivity contribution in [3.05, 3.63) is 45.9 Å². The maximum Gasteiger partial charge on any atom is 0.390 e. The quantitative estimate of drug-likeness (QED) is 0.424. The molecule has 3 rings (SSSR count). The molecule has 1 saturated carbocycles. The second kappa shape index (κ2) is 9.20. The summed E-state index contributed by atoms with van der Waals surface area (Å²) in [5.74, 6) is -0.0797. The summed E-state index contributed by atoms with van der Waals surface area (Å²) in [4.78, 5) is 16.7. The highest BCUT2D eigenvalue weighted by Gasteiger charge is 2.26. The summed E-state index contributed by atoms with van der Waals surface area (Å²) >= 11 is 3.30. The van der Waals surface area contributed by atoms with Gasteiger partial charge in [0.2, 0.25) is 0 Å². The zero-order valence-electron chi connectivity index (χ0n) is 16.7. The lowest BCUT2D eigenvalue weighted by Crippen LogP contribution is -2.27. The van der Waals surface area contributed by atoms with Gasteiger partial charge in [0, 0.05) is 24.6 Å². The van der Waals surface area contributed by atoms with E-state index in [4.69, 9.17) is 0 Å². The number of hydrogen-bond donors (Lipinski definition) is 2. The van der Waals surface area contributed by atoms with E-state index in [0.717, 1.165) is 24.1 Å². The lowest BCUT2D eigenvalue weighted by molar-refractivity contribution is -0.131. The SMILES string of the molecule is CC=C(C(=O)NC1CC1)C(C)=CCc1cnc2c(NCCC(F)(F)F)cc(Br)nn12. The predicted octanol–water partition coefficient (Wildman–Crippen LogP) is 4.57. The molecule has 0 atom stereocenters. The normalized spacial score (nSPS) is 15.5. The minimum atomic E-state index is -4.23.